The Kier molecular flexibility index (Phi) is 8.95. The molecule has 0 aromatic heterocycles. The van der Waals surface area contributed by atoms with E-state index < -0.39 is 54.6 Å². The third kappa shape index (κ3) is 7.65. The standard InChI is InChI=1S/C21H26O10/c1-12(22)26-11-17-18(27-10-16-8-6-5-7-9-16)19(28-13(2)23)20(29-14(3)24)21(31-17)30-15(4)25/h5-9,17-21H,10-11H2,1-4H3/t17-,18-,19+,20-,21?/m0/s1. The molecule has 0 N–H and O–H groups in total. The molecule has 1 aliphatic rings. The van der Waals surface area contributed by atoms with Crippen molar-refractivity contribution in [1.29, 1.82) is 0 Å². The van der Waals surface area contributed by atoms with Crippen LogP contribution < -0.4 is 0 Å². The van der Waals surface area contributed by atoms with Gasteiger partial charge in [0.05, 0.1) is 6.61 Å². The normalized spacial score (nSPS) is 25.2. The molecule has 0 saturated carbocycles. The van der Waals surface area contributed by atoms with Crippen LogP contribution in [0.25, 0.3) is 0 Å². The van der Waals surface area contributed by atoms with E-state index in [9.17, 15) is 19.2 Å². The molecule has 10 nitrogen and oxygen atoms in total. The summed E-state index contributed by atoms with van der Waals surface area (Å²) >= 11 is 0. The smallest absolute Gasteiger partial charge is 0.305 e. The van der Waals surface area contributed by atoms with Crippen LogP contribution in [0.4, 0.5) is 0 Å². The van der Waals surface area contributed by atoms with Gasteiger partial charge in [0, 0.05) is 27.7 Å². The Morgan fingerprint density at radius 3 is 1.90 bits per heavy atom. The van der Waals surface area contributed by atoms with Gasteiger partial charge in [-0.3, -0.25) is 19.2 Å². The number of ether oxygens (including phenoxy) is 6. The van der Waals surface area contributed by atoms with Crippen LogP contribution in [0, 0.1) is 0 Å². The Hall–Kier alpha value is -2.98. The van der Waals surface area contributed by atoms with E-state index in [0.717, 1.165) is 19.4 Å². The highest BCUT2D eigenvalue weighted by molar-refractivity contribution is 5.68. The zero-order valence-electron chi connectivity index (χ0n) is 17.8. The van der Waals surface area contributed by atoms with Gasteiger partial charge in [0.1, 0.15) is 18.8 Å². The number of benzene rings is 1. The van der Waals surface area contributed by atoms with E-state index in [-0.39, 0.29) is 13.2 Å². The maximum Gasteiger partial charge on any atom is 0.305 e. The minimum atomic E-state index is -1.40. The second kappa shape index (κ2) is 11.4. The monoisotopic (exact) mass is 438 g/mol. The number of hydrogen-bond donors (Lipinski definition) is 0. The molecule has 1 aliphatic heterocycles. The maximum absolute atomic E-state index is 11.8. The fourth-order valence-electron chi connectivity index (χ4n) is 3.08. The van der Waals surface area contributed by atoms with Crippen LogP contribution in [0.3, 0.4) is 0 Å². The molecule has 10 heteroatoms. The Morgan fingerprint density at radius 1 is 0.774 bits per heavy atom. The van der Waals surface area contributed by atoms with Crippen LogP contribution >= 0.6 is 0 Å². The second-order valence-electron chi connectivity index (χ2n) is 6.86. The molecule has 0 amide bonds. The fourth-order valence-corrected chi connectivity index (χ4v) is 3.08. The quantitative estimate of drug-likeness (QED) is 0.433. The van der Waals surface area contributed by atoms with E-state index in [4.69, 9.17) is 28.4 Å². The van der Waals surface area contributed by atoms with E-state index >= 15 is 0 Å². The first-order chi connectivity index (χ1) is 14.7. The SMILES string of the molecule is CC(=O)OC[C@@H]1OC(OC(C)=O)[C@@H](OC(C)=O)[C@H](OC(C)=O)[C@H]1OCc1ccccc1. The molecule has 1 saturated heterocycles. The van der Waals surface area contributed by atoms with Gasteiger partial charge in [-0.2, -0.15) is 0 Å². The molecule has 1 unspecified atom stereocenters. The van der Waals surface area contributed by atoms with Crippen molar-refractivity contribution in [3.8, 4) is 0 Å². The summed E-state index contributed by atoms with van der Waals surface area (Å²) in [5.74, 6) is -2.66. The highest BCUT2D eigenvalue weighted by atomic mass is 16.7. The molecule has 0 spiro atoms. The van der Waals surface area contributed by atoms with Crippen LogP contribution in [0.15, 0.2) is 30.3 Å². The van der Waals surface area contributed by atoms with Gasteiger partial charge >= 0.3 is 23.9 Å². The Morgan fingerprint density at radius 2 is 1.35 bits per heavy atom. The van der Waals surface area contributed by atoms with E-state index in [0.29, 0.717) is 0 Å². The third-order valence-corrected chi connectivity index (χ3v) is 4.21. The zero-order valence-corrected chi connectivity index (χ0v) is 17.8. The molecular formula is C21H26O10. The minimum absolute atomic E-state index is 0.105. The second-order valence-corrected chi connectivity index (χ2v) is 6.86. The molecule has 2 rings (SSSR count). The lowest BCUT2D eigenvalue weighted by molar-refractivity contribution is -0.305. The van der Waals surface area contributed by atoms with Crippen molar-refractivity contribution in [1.82, 2.24) is 0 Å². The number of hydrogen-bond acceptors (Lipinski definition) is 10. The molecule has 1 aromatic rings. The molecule has 0 radical (unpaired) electrons. The van der Waals surface area contributed by atoms with Crippen molar-refractivity contribution in [3.63, 3.8) is 0 Å². The lowest BCUT2D eigenvalue weighted by Gasteiger charge is -2.44. The number of esters is 4. The fraction of sp³-hybridized carbons (Fsp3) is 0.524. The maximum atomic E-state index is 11.8. The Balaban J connectivity index is 2.37. The Labute approximate surface area is 179 Å². The molecular weight excluding hydrogens is 412 g/mol. The highest BCUT2D eigenvalue weighted by Gasteiger charge is 2.52. The summed E-state index contributed by atoms with van der Waals surface area (Å²) in [6.45, 7) is 4.54. The summed E-state index contributed by atoms with van der Waals surface area (Å²) < 4.78 is 32.6. The van der Waals surface area contributed by atoms with Gasteiger partial charge in [0.15, 0.2) is 6.10 Å². The highest BCUT2D eigenvalue weighted by Crippen LogP contribution is 2.30. The van der Waals surface area contributed by atoms with E-state index in [1.165, 1.54) is 13.8 Å². The van der Waals surface area contributed by atoms with E-state index in [1.54, 1.807) is 0 Å². The molecule has 31 heavy (non-hydrogen) atoms. The average molecular weight is 438 g/mol. The average Bonchev–Trinajstić information content (AvgIpc) is 2.67. The summed E-state index contributed by atoms with van der Waals surface area (Å²) in [7, 11) is 0. The minimum Gasteiger partial charge on any atom is -0.463 e. The van der Waals surface area contributed by atoms with Gasteiger partial charge in [0.2, 0.25) is 12.4 Å². The molecule has 0 bridgehead atoms. The van der Waals surface area contributed by atoms with Gasteiger partial charge in [0.25, 0.3) is 0 Å². The van der Waals surface area contributed by atoms with Crippen molar-refractivity contribution < 1.29 is 47.6 Å². The molecule has 0 aliphatic carbocycles. The number of carbonyl (C=O) groups excluding carboxylic acids is 4. The first kappa shape index (κ1) is 24.3. The Bertz CT molecular complexity index is 778. The largest absolute Gasteiger partial charge is 0.463 e. The van der Waals surface area contributed by atoms with Gasteiger partial charge in [-0.15, -0.1) is 0 Å². The van der Waals surface area contributed by atoms with Crippen LogP contribution in [0.2, 0.25) is 0 Å². The van der Waals surface area contributed by atoms with Crippen LogP contribution in [-0.4, -0.2) is 61.2 Å². The van der Waals surface area contributed by atoms with Crippen LogP contribution in [0.1, 0.15) is 33.3 Å². The van der Waals surface area contributed by atoms with E-state index in [2.05, 4.69) is 0 Å². The first-order valence-corrected chi connectivity index (χ1v) is 9.63. The molecule has 170 valence electrons. The molecule has 1 fully saturated rings. The summed E-state index contributed by atoms with van der Waals surface area (Å²) in [6, 6.07) is 9.16. The summed E-state index contributed by atoms with van der Waals surface area (Å²) in [5, 5.41) is 0. The predicted molar refractivity (Wildman–Crippen MR) is 103 cm³/mol. The first-order valence-electron chi connectivity index (χ1n) is 9.63. The lowest BCUT2D eigenvalue weighted by Crippen LogP contribution is -2.62. The predicted octanol–water partition coefficient (Wildman–Crippen LogP) is 1.29. The van der Waals surface area contributed by atoms with Gasteiger partial charge < -0.3 is 28.4 Å². The van der Waals surface area contributed by atoms with Crippen molar-refractivity contribution in [2.24, 2.45) is 0 Å². The van der Waals surface area contributed by atoms with Crippen molar-refractivity contribution >= 4 is 23.9 Å². The summed E-state index contributed by atoms with van der Waals surface area (Å²) in [5.41, 5.74) is 0.821. The zero-order chi connectivity index (χ0) is 23.0. The lowest BCUT2D eigenvalue weighted by atomic mass is 9.98. The third-order valence-electron chi connectivity index (χ3n) is 4.21. The topological polar surface area (TPSA) is 124 Å². The number of carbonyl (C=O) groups is 4. The molecule has 5 atom stereocenters. The van der Waals surface area contributed by atoms with Crippen LogP contribution in [-0.2, 0) is 54.2 Å². The summed E-state index contributed by atoms with van der Waals surface area (Å²) in [4.78, 5) is 46.4. The van der Waals surface area contributed by atoms with Crippen molar-refractivity contribution in [3.05, 3.63) is 35.9 Å². The molecule has 1 heterocycles. The van der Waals surface area contributed by atoms with Gasteiger partial charge in [-0.05, 0) is 5.56 Å². The summed E-state index contributed by atoms with van der Waals surface area (Å²) in [6.07, 6.45) is -5.86. The molecule has 1 aromatic carbocycles. The van der Waals surface area contributed by atoms with Gasteiger partial charge in [-0.25, -0.2) is 0 Å². The number of rotatable bonds is 8. The van der Waals surface area contributed by atoms with Gasteiger partial charge in [-0.1, -0.05) is 30.3 Å². The van der Waals surface area contributed by atoms with Crippen LogP contribution in [0.5, 0.6) is 0 Å². The van der Waals surface area contributed by atoms with E-state index in [1.807, 2.05) is 30.3 Å². The van der Waals surface area contributed by atoms with Crippen molar-refractivity contribution in [2.75, 3.05) is 6.61 Å². The van der Waals surface area contributed by atoms with Crippen molar-refractivity contribution in [2.45, 2.75) is 65.0 Å².